The van der Waals surface area contributed by atoms with Crippen LogP contribution in [-0.4, -0.2) is 23.4 Å². The van der Waals surface area contributed by atoms with Crippen molar-refractivity contribution in [3.8, 4) is 0 Å². The van der Waals surface area contributed by atoms with E-state index in [-0.39, 0.29) is 16.4 Å². The van der Waals surface area contributed by atoms with E-state index in [1.165, 1.54) is 18.5 Å². The molecule has 21 heavy (non-hydrogen) atoms. The number of hydrogen-bond acceptors (Lipinski definition) is 5. The minimum Gasteiger partial charge on any atom is -0.389 e. The summed E-state index contributed by atoms with van der Waals surface area (Å²) in [4.78, 5) is 8.13. The summed E-state index contributed by atoms with van der Waals surface area (Å²) in [5.74, 6) is 0. The minimum atomic E-state index is -3.62. The molecular formula is C13H14N4O2S2. The average molecular weight is 322 g/mol. The first-order valence-electron chi connectivity index (χ1n) is 6.05. The van der Waals surface area contributed by atoms with E-state index in [1.54, 1.807) is 25.3 Å². The van der Waals surface area contributed by atoms with Gasteiger partial charge >= 0.3 is 0 Å². The third kappa shape index (κ3) is 3.81. The van der Waals surface area contributed by atoms with E-state index in [1.807, 2.05) is 0 Å². The number of nitrogens with zero attached hydrogens (tertiary/aromatic N) is 2. The van der Waals surface area contributed by atoms with Crippen LogP contribution in [0.25, 0.3) is 0 Å². The van der Waals surface area contributed by atoms with Crippen molar-refractivity contribution in [3.63, 3.8) is 0 Å². The molecule has 0 atom stereocenters. The zero-order chi connectivity index (χ0) is 15.5. The van der Waals surface area contributed by atoms with Crippen LogP contribution < -0.4 is 10.5 Å². The van der Waals surface area contributed by atoms with Gasteiger partial charge in [-0.15, -0.1) is 0 Å². The highest BCUT2D eigenvalue weighted by atomic mass is 32.2. The maximum absolute atomic E-state index is 12.2. The van der Waals surface area contributed by atoms with Crippen LogP contribution in [0.15, 0.2) is 41.7 Å². The van der Waals surface area contributed by atoms with E-state index in [2.05, 4.69) is 14.7 Å². The number of aryl methyl sites for hydroxylation is 1. The molecule has 0 radical (unpaired) electrons. The van der Waals surface area contributed by atoms with Gasteiger partial charge in [0.2, 0.25) is 10.0 Å². The van der Waals surface area contributed by atoms with Crippen molar-refractivity contribution in [1.82, 2.24) is 14.7 Å². The van der Waals surface area contributed by atoms with Crippen molar-refractivity contribution in [2.45, 2.75) is 18.4 Å². The van der Waals surface area contributed by atoms with E-state index < -0.39 is 10.0 Å². The topological polar surface area (TPSA) is 98.0 Å². The van der Waals surface area contributed by atoms with E-state index in [4.69, 9.17) is 18.0 Å². The van der Waals surface area contributed by atoms with Gasteiger partial charge in [0, 0.05) is 11.8 Å². The third-order valence-electron chi connectivity index (χ3n) is 2.86. The Hall–Kier alpha value is -1.90. The third-order valence-corrected chi connectivity index (χ3v) is 4.48. The fourth-order valence-electron chi connectivity index (χ4n) is 1.75. The number of nitrogens with one attached hydrogen (secondary N) is 1. The van der Waals surface area contributed by atoms with Crippen LogP contribution in [0.3, 0.4) is 0 Å². The zero-order valence-electron chi connectivity index (χ0n) is 11.3. The number of benzene rings is 1. The number of rotatable bonds is 5. The molecule has 3 N–H and O–H groups in total. The molecule has 0 saturated heterocycles. The Kier molecular flexibility index (Phi) is 4.61. The van der Waals surface area contributed by atoms with E-state index in [0.29, 0.717) is 16.8 Å². The summed E-state index contributed by atoms with van der Waals surface area (Å²) in [7, 11) is -3.62. The molecule has 1 aromatic heterocycles. The van der Waals surface area contributed by atoms with Crippen LogP contribution in [0, 0.1) is 6.92 Å². The Labute approximate surface area is 128 Å². The van der Waals surface area contributed by atoms with Gasteiger partial charge in [-0.25, -0.2) is 23.1 Å². The summed E-state index contributed by atoms with van der Waals surface area (Å²) in [5.41, 5.74) is 7.53. The van der Waals surface area contributed by atoms with Crippen molar-refractivity contribution in [2.24, 2.45) is 5.73 Å². The molecule has 2 rings (SSSR count). The molecule has 0 unspecified atom stereocenters. The average Bonchev–Trinajstić information content (AvgIpc) is 2.46. The van der Waals surface area contributed by atoms with Crippen molar-refractivity contribution < 1.29 is 8.42 Å². The van der Waals surface area contributed by atoms with E-state index >= 15 is 0 Å². The Morgan fingerprint density at radius 3 is 2.71 bits per heavy atom. The number of hydrogen-bond donors (Lipinski definition) is 2. The maximum Gasteiger partial charge on any atom is 0.240 e. The standard InChI is InChI=1S/C13H14N4O2S2/c1-9-6-11(2-3-12(9)13(14)20)21(18,19)17-7-10-4-5-15-8-16-10/h2-6,8,17H,7H2,1H3,(H2,14,20). The Morgan fingerprint density at radius 1 is 1.38 bits per heavy atom. The Balaban J connectivity index is 2.20. The van der Waals surface area contributed by atoms with Crippen LogP contribution >= 0.6 is 12.2 Å². The van der Waals surface area contributed by atoms with Crippen LogP contribution in [0.4, 0.5) is 0 Å². The minimum absolute atomic E-state index is 0.0982. The van der Waals surface area contributed by atoms with E-state index in [0.717, 1.165) is 0 Å². The van der Waals surface area contributed by atoms with Gasteiger partial charge in [0.05, 0.1) is 17.1 Å². The van der Waals surface area contributed by atoms with Crippen molar-refractivity contribution in [1.29, 1.82) is 0 Å². The van der Waals surface area contributed by atoms with Gasteiger partial charge in [0.15, 0.2) is 0 Å². The smallest absolute Gasteiger partial charge is 0.240 e. The van der Waals surface area contributed by atoms with Crippen molar-refractivity contribution in [3.05, 3.63) is 53.6 Å². The summed E-state index contributed by atoms with van der Waals surface area (Å²) < 4.78 is 26.9. The molecule has 0 aliphatic carbocycles. The van der Waals surface area contributed by atoms with Crippen LogP contribution in [0.2, 0.25) is 0 Å². The fourth-order valence-corrected chi connectivity index (χ4v) is 3.07. The second kappa shape index (κ2) is 6.25. The molecule has 0 spiro atoms. The molecular weight excluding hydrogens is 308 g/mol. The predicted molar refractivity (Wildman–Crippen MR) is 83.1 cm³/mol. The first kappa shape index (κ1) is 15.5. The molecule has 0 bridgehead atoms. The van der Waals surface area contributed by atoms with Gasteiger partial charge in [-0.1, -0.05) is 18.3 Å². The number of sulfonamides is 1. The lowest BCUT2D eigenvalue weighted by Gasteiger charge is -2.09. The Morgan fingerprint density at radius 2 is 2.14 bits per heavy atom. The zero-order valence-corrected chi connectivity index (χ0v) is 12.9. The largest absolute Gasteiger partial charge is 0.389 e. The molecule has 8 heteroatoms. The molecule has 0 fully saturated rings. The quantitative estimate of drug-likeness (QED) is 0.794. The lowest BCUT2D eigenvalue weighted by Crippen LogP contribution is -2.24. The second-order valence-electron chi connectivity index (χ2n) is 4.37. The highest BCUT2D eigenvalue weighted by Crippen LogP contribution is 2.15. The van der Waals surface area contributed by atoms with Crippen molar-refractivity contribution in [2.75, 3.05) is 0 Å². The highest BCUT2D eigenvalue weighted by Gasteiger charge is 2.15. The summed E-state index contributed by atoms with van der Waals surface area (Å²) >= 11 is 4.90. The van der Waals surface area contributed by atoms with Gasteiger partial charge in [0.25, 0.3) is 0 Å². The highest BCUT2D eigenvalue weighted by molar-refractivity contribution is 7.89. The van der Waals surface area contributed by atoms with Crippen molar-refractivity contribution >= 4 is 27.2 Å². The van der Waals surface area contributed by atoms with Gasteiger partial charge in [-0.2, -0.15) is 0 Å². The summed E-state index contributed by atoms with van der Waals surface area (Å²) in [6.45, 7) is 1.86. The van der Waals surface area contributed by atoms with Crippen LogP contribution in [0.1, 0.15) is 16.8 Å². The molecule has 1 heterocycles. The lowest BCUT2D eigenvalue weighted by atomic mass is 10.1. The summed E-state index contributed by atoms with van der Waals surface area (Å²) in [5, 5.41) is 0. The van der Waals surface area contributed by atoms with Gasteiger partial charge in [-0.3, -0.25) is 0 Å². The molecule has 0 aliphatic heterocycles. The molecule has 110 valence electrons. The number of nitrogens with two attached hydrogens (primary N) is 1. The normalized spacial score (nSPS) is 11.3. The van der Waals surface area contributed by atoms with E-state index in [9.17, 15) is 8.42 Å². The fraction of sp³-hybridized carbons (Fsp3) is 0.154. The summed E-state index contributed by atoms with van der Waals surface area (Å²) in [6, 6.07) is 6.27. The van der Waals surface area contributed by atoms with Gasteiger partial charge < -0.3 is 5.73 Å². The molecule has 0 saturated carbocycles. The molecule has 1 aromatic carbocycles. The number of aromatic nitrogens is 2. The molecule has 0 aliphatic rings. The summed E-state index contributed by atoms with van der Waals surface area (Å²) in [6.07, 6.45) is 2.92. The molecule has 0 amide bonds. The molecule has 6 nitrogen and oxygen atoms in total. The molecule has 2 aromatic rings. The predicted octanol–water partition coefficient (Wildman–Crippen LogP) is 0.898. The maximum atomic E-state index is 12.2. The second-order valence-corrected chi connectivity index (χ2v) is 6.57. The number of thiocarbonyl (C=S) groups is 1. The van der Waals surface area contributed by atoms with Crippen LogP contribution in [-0.2, 0) is 16.6 Å². The van der Waals surface area contributed by atoms with Gasteiger partial charge in [-0.05, 0) is 30.7 Å². The monoisotopic (exact) mass is 322 g/mol. The first-order chi connectivity index (χ1) is 9.90. The lowest BCUT2D eigenvalue weighted by molar-refractivity contribution is 0.580. The first-order valence-corrected chi connectivity index (χ1v) is 7.94. The Bertz CT molecular complexity index is 761. The van der Waals surface area contributed by atoms with Gasteiger partial charge in [0.1, 0.15) is 11.3 Å². The van der Waals surface area contributed by atoms with Crippen LogP contribution in [0.5, 0.6) is 0 Å². The SMILES string of the molecule is Cc1cc(S(=O)(=O)NCc2ccncn2)ccc1C(N)=S.